The lowest BCUT2D eigenvalue weighted by atomic mass is 9.86. The number of fused-ring (bicyclic) bond motifs is 1. The fourth-order valence-corrected chi connectivity index (χ4v) is 4.49. The number of para-hydroxylation sites is 1. The van der Waals surface area contributed by atoms with E-state index in [9.17, 15) is 24.0 Å². The van der Waals surface area contributed by atoms with Crippen molar-refractivity contribution in [1.82, 2.24) is 15.1 Å². The van der Waals surface area contributed by atoms with Crippen LogP contribution in [0.2, 0.25) is 0 Å². The van der Waals surface area contributed by atoms with Crippen LogP contribution >= 0.6 is 0 Å². The summed E-state index contributed by atoms with van der Waals surface area (Å²) < 4.78 is 4.86. The van der Waals surface area contributed by atoms with E-state index in [-0.39, 0.29) is 18.1 Å². The van der Waals surface area contributed by atoms with Gasteiger partial charge in [-0.2, -0.15) is 0 Å². The molecule has 10 nitrogen and oxygen atoms in total. The summed E-state index contributed by atoms with van der Waals surface area (Å²) in [5.41, 5.74) is 1.18. The van der Waals surface area contributed by atoms with E-state index in [1.165, 1.54) is 20.2 Å². The minimum Gasteiger partial charge on any atom is -0.468 e. The van der Waals surface area contributed by atoms with Crippen molar-refractivity contribution in [3.63, 3.8) is 0 Å². The van der Waals surface area contributed by atoms with Gasteiger partial charge in [0.1, 0.15) is 11.7 Å². The highest BCUT2D eigenvalue weighted by Gasteiger charge is 2.61. The van der Waals surface area contributed by atoms with E-state index in [1.54, 1.807) is 31.2 Å². The predicted molar refractivity (Wildman–Crippen MR) is 107 cm³/mol. The average Bonchev–Trinajstić information content (AvgIpc) is 3.35. The van der Waals surface area contributed by atoms with Gasteiger partial charge in [0.15, 0.2) is 0 Å². The van der Waals surface area contributed by atoms with Crippen LogP contribution in [0.5, 0.6) is 0 Å². The number of carbonyl (C=O) groups excluding carboxylic acids is 5. The second kappa shape index (κ2) is 7.62. The lowest BCUT2D eigenvalue weighted by molar-refractivity contribution is -0.148. The normalized spacial score (nSPS) is 27.6. The number of nitrogens with one attached hydrogen (secondary N) is 2. The van der Waals surface area contributed by atoms with Crippen molar-refractivity contribution in [2.45, 2.75) is 19.0 Å². The molecule has 2 N–H and O–H groups in total. The summed E-state index contributed by atoms with van der Waals surface area (Å²) in [6.45, 7) is 1.91. The molecule has 0 aliphatic carbocycles. The quantitative estimate of drug-likeness (QED) is 0.489. The lowest BCUT2D eigenvalue weighted by Crippen LogP contribution is -2.43. The number of amides is 4. The number of likely N-dealkylation sites (tertiary alicyclic amines) is 1. The number of benzene rings is 1. The highest BCUT2D eigenvalue weighted by molar-refractivity contribution is 6.17. The average molecular weight is 426 g/mol. The molecule has 0 bridgehead atoms. The van der Waals surface area contributed by atoms with E-state index in [0.717, 1.165) is 9.80 Å². The van der Waals surface area contributed by atoms with Gasteiger partial charge in [-0.15, -0.1) is 0 Å². The van der Waals surface area contributed by atoms with Crippen LogP contribution in [0.4, 0.5) is 5.69 Å². The minimum atomic E-state index is -0.971. The van der Waals surface area contributed by atoms with E-state index >= 15 is 0 Å². The minimum absolute atomic E-state index is 0.100. The maximum Gasteiger partial charge on any atom is 0.323 e. The molecule has 0 saturated carbocycles. The zero-order valence-electron chi connectivity index (χ0n) is 17.2. The van der Waals surface area contributed by atoms with Gasteiger partial charge in [-0.3, -0.25) is 39.1 Å². The number of esters is 1. The van der Waals surface area contributed by atoms with E-state index < -0.39 is 47.6 Å². The first-order valence-electron chi connectivity index (χ1n) is 9.88. The number of likely N-dealkylation sites (N-methyl/N-ethyl adjacent to an activating group) is 1. The molecule has 1 aromatic rings. The maximum atomic E-state index is 13.0. The number of nitrogens with zero attached hydrogens (tertiary/aromatic N) is 2. The van der Waals surface area contributed by atoms with Gasteiger partial charge in [0.05, 0.1) is 18.9 Å². The van der Waals surface area contributed by atoms with E-state index in [0.29, 0.717) is 11.3 Å². The number of methoxy groups -OCH3 is 1. The van der Waals surface area contributed by atoms with Crippen molar-refractivity contribution in [3.05, 3.63) is 41.6 Å². The first-order valence-corrected chi connectivity index (χ1v) is 9.88. The van der Waals surface area contributed by atoms with Crippen LogP contribution in [0.15, 0.2) is 36.0 Å². The number of anilines is 1. The molecule has 2 saturated heterocycles. The van der Waals surface area contributed by atoms with Gasteiger partial charge in [0, 0.05) is 31.4 Å². The van der Waals surface area contributed by atoms with Gasteiger partial charge < -0.3 is 10.1 Å². The van der Waals surface area contributed by atoms with Crippen LogP contribution in [-0.4, -0.2) is 66.1 Å². The molecule has 4 rings (SSSR count). The number of rotatable bonds is 5. The number of hydrogen-bond donors (Lipinski definition) is 2. The summed E-state index contributed by atoms with van der Waals surface area (Å²) in [6, 6.07) is 5.30. The highest BCUT2D eigenvalue weighted by Crippen LogP contribution is 2.45. The van der Waals surface area contributed by atoms with Crippen molar-refractivity contribution in [1.29, 1.82) is 0 Å². The van der Waals surface area contributed by atoms with Gasteiger partial charge in [-0.1, -0.05) is 18.2 Å². The Hall–Kier alpha value is -3.53. The Balaban J connectivity index is 1.73. The van der Waals surface area contributed by atoms with Crippen LogP contribution < -0.4 is 10.6 Å². The van der Waals surface area contributed by atoms with Gasteiger partial charge in [-0.05, 0) is 18.6 Å². The first kappa shape index (κ1) is 20.7. The number of imide groups is 2. The summed E-state index contributed by atoms with van der Waals surface area (Å²) in [5, 5.41) is 6.06. The molecule has 4 atom stereocenters. The molecule has 1 aromatic carbocycles. The molecule has 3 aliphatic heterocycles. The van der Waals surface area contributed by atoms with Gasteiger partial charge in [0.25, 0.3) is 11.8 Å². The smallest absolute Gasteiger partial charge is 0.323 e. The maximum absolute atomic E-state index is 13.0. The van der Waals surface area contributed by atoms with Crippen molar-refractivity contribution < 1.29 is 28.7 Å². The fourth-order valence-electron chi connectivity index (χ4n) is 4.49. The Kier molecular flexibility index (Phi) is 5.10. The van der Waals surface area contributed by atoms with Crippen LogP contribution in [0.25, 0.3) is 0 Å². The fraction of sp³-hybridized carbons (Fsp3) is 0.381. The van der Waals surface area contributed by atoms with Crippen LogP contribution in [0.3, 0.4) is 0 Å². The highest BCUT2D eigenvalue weighted by atomic mass is 16.5. The molecule has 3 aliphatic rings. The third kappa shape index (κ3) is 3.10. The third-order valence-corrected chi connectivity index (χ3v) is 6.04. The zero-order valence-corrected chi connectivity index (χ0v) is 17.2. The topological polar surface area (TPSA) is 125 Å². The Labute approximate surface area is 178 Å². The molecular formula is C21H22N4O6. The standard InChI is InChI=1S/C21H22N4O6/c1-4-25-19(28)14-15(20(25)29)17(21(30)31-3)23-16(14)10-7-5-6-8-11(10)22-12-9-13(26)24(2)18(12)27/h5-9,14-17,22-23H,4H2,1-3H3/t14-,15+,16-,17-/m1/s1. The zero-order chi connectivity index (χ0) is 22.4. The first-order chi connectivity index (χ1) is 14.8. The Morgan fingerprint density at radius 3 is 2.42 bits per heavy atom. The van der Waals surface area contributed by atoms with Crippen molar-refractivity contribution in [2.75, 3.05) is 26.0 Å². The van der Waals surface area contributed by atoms with Crippen molar-refractivity contribution >= 4 is 35.3 Å². The summed E-state index contributed by atoms with van der Waals surface area (Å²) in [6.07, 6.45) is 1.20. The van der Waals surface area contributed by atoms with E-state index in [1.807, 2.05) is 0 Å². The number of hydrogen-bond acceptors (Lipinski definition) is 8. The Morgan fingerprint density at radius 1 is 1.13 bits per heavy atom. The van der Waals surface area contributed by atoms with E-state index in [4.69, 9.17) is 4.74 Å². The molecule has 4 amide bonds. The van der Waals surface area contributed by atoms with Crippen molar-refractivity contribution in [2.24, 2.45) is 11.8 Å². The van der Waals surface area contributed by atoms with Gasteiger partial charge in [0.2, 0.25) is 11.8 Å². The molecule has 0 aromatic heterocycles. The Morgan fingerprint density at radius 2 is 1.81 bits per heavy atom. The SMILES string of the molecule is CCN1C(=O)[C@@H]2[C@H](C1=O)[C@H](C(=O)OC)N[C@@H]2c1ccccc1NC1=CC(=O)N(C)C1=O. The summed E-state index contributed by atoms with van der Waals surface area (Å²) in [4.78, 5) is 64.5. The predicted octanol–water partition coefficient (Wildman–Crippen LogP) is -0.212. The molecule has 31 heavy (non-hydrogen) atoms. The van der Waals surface area contributed by atoms with Crippen LogP contribution in [0, 0.1) is 11.8 Å². The van der Waals surface area contributed by atoms with E-state index in [2.05, 4.69) is 10.6 Å². The number of ether oxygens (including phenoxy) is 1. The van der Waals surface area contributed by atoms with Gasteiger partial charge in [-0.25, -0.2) is 0 Å². The summed E-state index contributed by atoms with van der Waals surface area (Å²) in [7, 11) is 2.61. The molecular weight excluding hydrogens is 404 g/mol. The third-order valence-electron chi connectivity index (χ3n) is 6.04. The molecule has 0 spiro atoms. The monoisotopic (exact) mass is 426 g/mol. The molecule has 2 fully saturated rings. The van der Waals surface area contributed by atoms with Gasteiger partial charge >= 0.3 is 5.97 Å². The molecule has 0 unspecified atom stereocenters. The molecule has 0 radical (unpaired) electrons. The molecule has 162 valence electrons. The van der Waals surface area contributed by atoms with Crippen LogP contribution in [-0.2, 0) is 28.7 Å². The largest absolute Gasteiger partial charge is 0.468 e. The summed E-state index contributed by atoms with van der Waals surface area (Å²) >= 11 is 0. The lowest BCUT2D eigenvalue weighted by Gasteiger charge is -2.23. The van der Waals surface area contributed by atoms with Crippen molar-refractivity contribution in [3.8, 4) is 0 Å². The molecule has 3 heterocycles. The number of carbonyl (C=O) groups is 5. The Bertz CT molecular complexity index is 1030. The summed E-state index contributed by atoms with van der Waals surface area (Å²) in [5.74, 6) is -3.98. The molecule has 10 heteroatoms. The second-order valence-electron chi connectivity index (χ2n) is 7.59. The second-order valence-corrected chi connectivity index (χ2v) is 7.59. The van der Waals surface area contributed by atoms with Crippen LogP contribution in [0.1, 0.15) is 18.5 Å².